The first-order valence-electron chi connectivity index (χ1n) is 6.95. The fraction of sp³-hybridized carbons (Fsp3) is 0.769. The van der Waals surface area contributed by atoms with Gasteiger partial charge in [0.15, 0.2) is 0 Å². The molecule has 0 spiro atoms. The highest BCUT2D eigenvalue weighted by molar-refractivity contribution is 5.33. The molecule has 2 rings (SSSR count). The lowest BCUT2D eigenvalue weighted by Crippen LogP contribution is -2.50. The standard InChI is InChI=1S/C13H23N5O3/c1-13(2,19)9-17-5-7-18(8-6-17)10-14-11(20-3)16-12(15-10)21-4/h19H,5-9H2,1-4H3. The molecule has 1 aromatic rings. The van der Waals surface area contributed by atoms with E-state index in [1.807, 2.05) is 13.8 Å². The van der Waals surface area contributed by atoms with Crippen molar-refractivity contribution in [2.75, 3.05) is 51.8 Å². The van der Waals surface area contributed by atoms with E-state index in [9.17, 15) is 5.11 Å². The highest BCUT2D eigenvalue weighted by Crippen LogP contribution is 2.18. The second kappa shape index (κ2) is 6.40. The molecule has 1 fully saturated rings. The maximum Gasteiger partial charge on any atom is 0.324 e. The molecule has 2 heterocycles. The zero-order valence-electron chi connectivity index (χ0n) is 13.0. The van der Waals surface area contributed by atoms with E-state index in [1.54, 1.807) is 0 Å². The molecule has 0 aromatic carbocycles. The number of methoxy groups -OCH3 is 2. The molecule has 0 bridgehead atoms. The van der Waals surface area contributed by atoms with Crippen LogP contribution in [-0.4, -0.2) is 77.5 Å². The van der Waals surface area contributed by atoms with Crippen LogP contribution in [0.4, 0.5) is 5.95 Å². The van der Waals surface area contributed by atoms with Crippen molar-refractivity contribution >= 4 is 5.95 Å². The van der Waals surface area contributed by atoms with E-state index in [0.29, 0.717) is 12.5 Å². The molecular weight excluding hydrogens is 274 g/mol. The first kappa shape index (κ1) is 15.7. The zero-order chi connectivity index (χ0) is 15.5. The maximum atomic E-state index is 9.87. The Kier molecular flexibility index (Phi) is 4.79. The number of β-amino-alcohol motifs (C(OH)–C–C–N with tert-alkyl or cyclic N) is 1. The van der Waals surface area contributed by atoms with Crippen LogP contribution >= 0.6 is 0 Å². The van der Waals surface area contributed by atoms with E-state index in [-0.39, 0.29) is 12.0 Å². The average Bonchev–Trinajstić information content (AvgIpc) is 2.45. The normalized spacial score (nSPS) is 16.9. The Morgan fingerprint density at radius 3 is 1.95 bits per heavy atom. The first-order valence-corrected chi connectivity index (χ1v) is 6.95. The molecule has 1 aliphatic heterocycles. The Labute approximate surface area is 124 Å². The van der Waals surface area contributed by atoms with Crippen LogP contribution in [0.5, 0.6) is 12.0 Å². The molecule has 8 nitrogen and oxygen atoms in total. The molecule has 1 N–H and O–H groups in total. The maximum absolute atomic E-state index is 9.87. The zero-order valence-corrected chi connectivity index (χ0v) is 13.0. The number of aliphatic hydroxyl groups is 1. The molecule has 1 saturated heterocycles. The summed E-state index contributed by atoms with van der Waals surface area (Å²) in [4.78, 5) is 16.8. The number of aromatic nitrogens is 3. The van der Waals surface area contributed by atoms with E-state index >= 15 is 0 Å². The summed E-state index contributed by atoms with van der Waals surface area (Å²) in [6.45, 7) is 7.56. The van der Waals surface area contributed by atoms with Gasteiger partial charge in [-0.2, -0.15) is 9.97 Å². The smallest absolute Gasteiger partial charge is 0.324 e. The van der Waals surface area contributed by atoms with Crippen molar-refractivity contribution in [2.24, 2.45) is 0 Å². The van der Waals surface area contributed by atoms with Crippen molar-refractivity contribution in [3.8, 4) is 12.0 Å². The van der Waals surface area contributed by atoms with Crippen LogP contribution < -0.4 is 14.4 Å². The fourth-order valence-corrected chi connectivity index (χ4v) is 2.31. The number of rotatable bonds is 5. The number of anilines is 1. The van der Waals surface area contributed by atoms with Crippen molar-refractivity contribution < 1.29 is 14.6 Å². The summed E-state index contributed by atoms with van der Waals surface area (Å²) in [6.07, 6.45) is 0. The molecule has 0 amide bonds. The van der Waals surface area contributed by atoms with Crippen LogP contribution in [0.3, 0.4) is 0 Å². The van der Waals surface area contributed by atoms with Crippen molar-refractivity contribution in [1.82, 2.24) is 19.9 Å². The minimum absolute atomic E-state index is 0.246. The Morgan fingerprint density at radius 2 is 1.52 bits per heavy atom. The second-order valence-corrected chi connectivity index (χ2v) is 5.68. The van der Waals surface area contributed by atoms with E-state index in [1.165, 1.54) is 14.2 Å². The molecule has 118 valence electrons. The number of hydrogen-bond donors (Lipinski definition) is 1. The van der Waals surface area contributed by atoms with Crippen LogP contribution in [0, 0.1) is 0 Å². The van der Waals surface area contributed by atoms with Gasteiger partial charge < -0.3 is 19.5 Å². The van der Waals surface area contributed by atoms with Crippen LogP contribution in [-0.2, 0) is 0 Å². The minimum Gasteiger partial charge on any atom is -0.467 e. The molecule has 1 aromatic heterocycles. The topological polar surface area (TPSA) is 83.8 Å². The first-order chi connectivity index (χ1) is 9.91. The third-order valence-corrected chi connectivity index (χ3v) is 3.21. The minimum atomic E-state index is -0.679. The fourth-order valence-electron chi connectivity index (χ4n) is 2.31. The summed E-state index contributed by atoms with van der Waals surface area (Å²) in [5.41, 5.74) is -0.679. The van der Waals surface area contributed by atoms with E-state index in [0.717, 1.165) is 26.2 Å². The Morgan fingerprint density at radius 1 is 1.00 bits per heavy atom. The third kappa shape index (κ3) is 4.40. The monoisotopic (exact) mass is 297 g/mol. The summed E-state index contributed by atoms with van der Waals surface area (Å²) >= 11 is 0. The summed E-state index contributed by atoms with van der Waals surface area (Å²) < 4.78 is 10.1. The van der Waals surface area contributed by atoms with Gasteiger partial charge in [0.25, 0.3) is 0 Å². The molecule has 21 heavy (non-hydrogen) atoms. The molecule has 0 saturated carbocycles. The quantitative estimate of drug-likeness (QED) is 0.799. The number of piperazine rings is 1. The Hall–Kier alpha value is -1.67. The van der Waals surface area contributed by atoms with Gasteiger partial charge in [0.2, 0.25) is 5.95 Å². The van der Waals surface area contributed by atoms with Gasteiger partial charge in [-0.1, -0.05) is 0 Å². The summed E-state index contributed by atoms with van der Waals surface area (Å²) in [7, 11) is 3.03. The molecule has 0 radical (unpaired) electrons. The van der Waals surface area contributed by atoms with Crippen LogP contribution in [0.25, 0.3) is 0 Å². The van der Waals surface area contributed by atoms with Crippen LogP contribution in [0.1, 0.15) is 13.8 Å². The SMILES string of the molecule is COc1nc(OC)nc(N2CCN(CC(C)(C)O)CC2)n1. The lowest BCUT2D eigenvalue weighted by atomic mass is 10.1. The Bertz CT molecular complexity index is 447. The predicted octanol–water partition coefficient (Wildman–Crippen LogP) is -0.218. The highest BCUT2D eigenvalue weighted by atomic mass is 16.5. The van der Waals surface area contributed by atoms with Gasteiger partial charge in [-0.05, 0) is 13.8 Å². The van der Waals surface area contributed by atoms with Crippen LogP contribution in [0.2, 0.25) is 0 Å². The van der Waals surface area contributed by atoms with Gasteiger partial charge >= 0.3 is 12.0 Å². The van der Waals surface area contributed by atoms with Gasteiger partial charge in [-0.3, -0.25) is 4.90 Å². The summed E-state index contributed by atoms with van der Waals surface area (Å²) in [6, 6.07) is 0.492. The van der Waals surface area contributed by atoms with Gasteiger partial charge in [0.05, 0.1) is 19.8 Å². The molecule has 0 atom stereocenters. The van der Waals surface area contributed by atoms with Gasteiger partial charge in [-0.25, -0.2) is 0 Å². The summed E-state index contributed by atoms with van der Waals surface area (Å²) in [5, 5.41) is 9.87. The highest BCUT2D eigenvalue weighted by Gasteiger charge is 2.24. The van der Waals surface area contributed by atoms with E-state index in [2.05, 4.69) is 24.8 Å². The van der Waals surface area contributed by atoms with Gasteiger partial charge in [-0.15, -0.1) is 4.98 Å². The van der Waals surface area contributed by atoms with Crippen molar-refractivity contribution in [3.05, 3.63) is 0 Å². The van der Waals surface area contributed by atoms with Crippen molar-refractivity contribution in [3.63, 3.8) is 0 Å². The molecule has 0 unspecified atom stereocenters. The number of nitrogens with zero attached hydrogens (tertiary/aromatic N) is 5. The number of hydrogen-bond acceptors (Lipinski definition) is 8. The molecule has 0 aliphatic carbocycles. The molecule has 8 heteroatoms. The van der Waals surface area contributed by atoms with Gasteiger partial charge in [0.1, 0.15) is 0 Å². The van der Waals surface area contributed by atoms with Crippen molar-refractivity contribution in [1.29, 1.82) is 0 Å². The average molecular weight is 297 g/mol. The van der Waals surface area contributed by atoms with Crippen LogP contribution in [0.15, 0.2) is 0 Å². The second-order valence-electron chi connectivity index (χ2n) is 5.68. The van der Waals surface area contributed by atoms with Crippen molar-refractivity contribution in [2.45, 2.75) is 19.4 Å². The lowest BCUT2D eigenvalue weighted by molar-refractivity contribution is 0.0344. The number of ether oxygens (including phenoxy) is 2. The van der Waals surface area contributed by atoms with Gasteiger partial charge in [0, 0.05) is 32.7 Å². The molecule has 1 aliphatic rings. The predicted molar refractivity (Wildman–Crippen MR) is 77.9 cm³/mol. The largest absolute Gasteiger partial charge is 0.467 e. The Balaban J connectivity index is 2.02. The molecular formula is C13H23N5O3. The lowest BCUT2D eigenvalue weighted by Gasteiger charge is -2.37. The summed E-state index contributed by atoms with van der Waals surface area (Å²) in [5.74, 6) is 0.557. The third-order valence-electron chi connectivity index (χ3n) is 3.21. The van der Waals surface area contributed by atoms with E-state index < -0.39 is 5.60 Å². The van der Waals surface area contributed by atoms with E-state index in [4.69, 9.17) is 9.47 Å².